The molecule has 1 heterocycles. The van der Waals surface area contributed by atoms with Crippen LogP contribution in [0.15, 0.2) is 33.3 Å². The highest BCUT2D eigenvalue weighted by atomic mass is 79.9. The molecular weight excluding hydrogens is 296 g/mol. The molecule has 1 atom stereocenters. The number of nitrogens with zero attached hydrogens (tertiary/aromatic N) is 2. The van der Waals surface area contributed by atoms with E-state index in [1.807, 2.05) is 24.3 Å². The summed E-state index contributed by atoms with van der Waals surface area (Å²) >= 11 is 3.38. The van der Waals surface area contributed by atoms with Crippen LogP contribution < -0.4 is 0 Å². The van der Waals surface area contributed by atoms with E-state index in [0.717, 1.165) is 22.9 Å². The van der Waals surface area contributed by atoms with Gasteiger partial charge in [-0.15, -0.1) is 0 Å². The van der Waals surface area contributed by atoms with Gasteiger partial charge in [-0.25, -0.2) is 0 Å². The molecule has 1 fully saturated rings. The van der Waals surface area contributed by atoms with Crippen LogP contribution >= 0.6 is 15.9 Å². The molecule has 1 saturated carbocycles. The van der Waals surface area contributed by atoms with Crippen LogP contribution in [0.2, 0.25) is 0 Å². The second kappa shape index (κ2) is 4.65. The minimum atomic E-state index is -0.193. The van der Waals surface area contributed by atoms with E-state index >= 15 is 0 Å². The quantitative estimate of drug-likeness (QED) is 0.854. The van der Waals surface area contributed by atoms with Crippen LogP contribution in [0, 0.1) is 0 Å². The van der Waals surface area contributed by atoms with Crippen LogP contribution in [0.5, 0.6) is 0 Å². The van der Waals surface area contributed by atoms with Gasteiger partial charge < -0.3 is 4.52 Å². The average Bonchev–Trinajstić information content (AvgIpc) is 2.98. The van der Waals surface area contributed by atoms with Crippen LogP contribution in [0.1, 0.15) is 31.1 Å². The Morgan fingerprint density at radius 2 is 2.06 bits per heavy atom. The maximum atomic E-state index is 11.6. The molecule has 2 aromatic rings. The van der Waals surface area contributed by atoms with Gasteiger partial charge in [0.05, 0.1) is 5.92 Å². The summed E-state index contributed by atoms with van der Waals surface area (Å²) in [5.74, 6) is 1.01. The van der Waals surface area contributed by atoms with Gasteiger partial charge >= 0.3 is 0 Å². The fraction of sp³-hybridized carbons (Fsp3) is 0.308. The van der Waals surface area contributed by atoms with Crippen LogP contribution in [0.4, 0.5) is 0 Å². The zero-order valence-electron chi connectivity index (χ0n) is 9.60. The number of benzene rings is 1. The molecule has 0 spiro atoms. The lowest BCUT2D eigenvalue weighted by atomic mass is 10.1. The highest BCUT2D eigenvalue weighted by Crippen LogP contribution is 2.31. The number of ketones is 1. The van der Waals surface area contributed by atoms with Gasteiger partial charge in [-0.1, -0.05) is 21.1 Å². The van der Waals surface area contributed by atoms with Gasteiger partial charge in [0, 0.05) is 16.5 Å². The van der Waals surface area contributed by atoms with Gasteiger partial charge in [-0.3, -0.25) is 4.79 Å². The summed E-state index contributed by atoms with van der Waals surface area (Å²) in [6.07, 6.45) is 2.36. The topological polar surface area (TPSA) is 56.0 Å². The summed E-state index contributed by atoms with van der Waals surface area (Å²) in [6, 6.07) is 7.67. The van der Waals surface area contributed by atoms with Crippen molar-refractivity contribution < 1.29 is 9.32 Å². The minimum absolute atomic E-state index is 0.193. The number of halogens is 1. The van der Waals surface area contributed by atoms with Crippen molar-refractivity contribution in [1.29, 1.82) is 0 Å². The largest absolute Gasteiger partial charge is 0.338 e. The minimum Gasteiger partial charge on any atom is -0.338 e. The van der Waals surface area contributed by atoms with Crippen molar-refractivity contribution in [2.75, 3.05) is 0 Å². The second-order valence-corrected chi connectivity index (χ2v) is 5.29. The smallest absolute Gasteiger partial charge is 0.237 e. The van der Waals surface area contributed by atoms with E-state index in [1.165, 1.54) is 0 Å². The molecule has 5 heteroatoms. The van der Waals surface area contributed by atoms with Gasteiger partial charge in [0.1, 0.15) is 5.78 Å². The number of hydrogen-bond donors (Lipinski definition) is 0. The molecule has 1 unspecified atom stereocenters. The summed E-state index contributed by atoms with van der Waals surface area (Å²) in [7, 11) is 0. The third kappa shape index (κ3) is 2.10. The summed E-state index contributed by atoms with van der Waals surface area (Å²) in [4.78, 5) is 16.0. The average molecular weight is 307 g/mol. The maximum Gasteiger partial charge on any atom is 0.237 e. The Balaban J connectivity index is 1.89. The highest BCUT2D eigenvalue weighted by molar-refractivity contribution is 9.10. The summed E-state index contributed by atoms with van der Waals surface area (Å²) in [6.45, 7) is 0. The first kappa shape index (κ1) is 11.6. The van der Waals surface area contributed by atoms with Crippen LogP contribution in [0.25, 0.3) is 11.4 Å². The maximum absolute atomic E-state index is 11.6. The summed E-state index contributed by atoms with van der Waals surface area (Å²) in [5, 5.41) is 3.94. The molecule has 1 aliphatic rings. The normalized spacial score (nSPS) is 19.4. The molecule has 1 aromatic heterocycles. The Kier molecular flexibility index (Phi) is 2.99. The first-order chi connectivity index (χ1) is 8.74. The van der Waals surface area contributed by atoms with Crippen molar-refractivity contribution in [3.05, 3.63) is 34.6 Å². The van der Waals surface area contributed by atoms with E-state index < -0.39 is 0 Å². The third-order valence-electron chi connectivity index (χ3n) is 3.15. The number of rotatable bonds is 2. The number of carbonyl (C=O) groups is 1. The van der Waals surface area contributed by atoms with E-state index in [9.17, 15) is 4.79 Å². The van der Waals surface area contributed by atoms with Gasteiger partial charge in [0.25, 0.3) is 0 Å². The molecule has 1 aromatic carbocycles. The second-order valence-electron chi connectivity index (χ2n) is 4.37. The lowest BCUT2D eigenvalue weighted by Crippen LogP contribution is -2.04. The first-order valence-corrected chi connectivity index (χ1v) is 6.65. The molecule has 4 nitrogen and oxygen atoms in total. The van der Waals surface area contributed by atoms with Crippen molar-refractivity contribution in [2.24, 2.45) is 0 Å². The Morgan fingerprint density at radius 3 is 2.72 bits per heavy atom. The Labute approximate surface area is 113 Å². The summed E-state index contributed by atoms with van der Waals surface area (Å²) in [5.41, 5.74) is 0.888. The highest BCUT2D eigenvalue weighted by Gasteiger charge is 2.30. The van der Waals surface area contributed by atoms with E-state index in [0.29, 0.717) is 18.1 Å². The molecule has 1 aliphatic carbocycles. The van der Waals surface area contributed by atoms with Crippen molar-refractivity contribution in [1.82, 2.24) is 10.1 Å². The molecule has 0 radical (unpaired) electrons. The molecule has 0 amide bonds. The van der Waals surface area contributed by atoms with Gasteiger partial charge in [-0.2, -0.15) is 4.98 Å². The summed E-state index contributed by atoms with van der Waals surface area (Å²) < 4.78 is 6.21. The number of Topliss-reactive ketones (excluding diaryl/α,β-unsaturated/α-hetero) is 1. The van der Waals surface area contributed by atoms with Gasteiger partial charge in [0.2, 0.25) is 11.7 Å². The molecule has 3 rings (SSSR count). The molecule has 18 heavy (non-hydrogen) atoms. The predicted octanol–water partition coefficient (Wildman–Crippen LogP) is 3.34. The zero-order valence-corrected chi connectivity index (χ0v) is 11.2. The van der Waals surface area contributed by atoms with Crippen molar-refractivity contribution in [3.63, 3.8) is 0 Å². The van der Waals surface area contributed by atoms with Crippen molar-refractivity contribution in [2.45, 2.75) is 25.2 Å². The third-order valence-corrected chi connectivity index (χ3v) is 3.68. The molecule has 0 aliphatic heterocycles. The van der Waals surface area contributed by atoms with Crippen LogP contribution in [0.3, 0.4) is 0 Å². The molecule has 0 bridgehead atoms. The first-order valence-electron chi connectivity index (χ1n) is 5.86. The number of hydrogen-bond acceptors (Lipinski definition) is 4. The monoisotopic (exact) mass is 306 g/mol. The standard InChI is InChI=1S/C13H11BrN2O2/c14-9-6-4-8(5-7-9)12-15-13(18-16-12)10-2-1-3-11(10)17/h4-7,10H,1-3H2. The SMILES string of the molecule is O=C1CCCC1c1nc(-c2ccc(Br)cc2)no1. The molecule has 0 saturated heterocycles. The lowest BCUT2D eigenvalue weighted by Gasteiger charge is -1.98. The zero-order chi connectivity index (χ0) is 12.5. The van der Waals surface area contributed by atoms with Crippen LogP contribution in [-0.2, 0) is 4.79 Å². The molecular formula is C13H11BrN2O2. The van der Waals surface area contributed by atoms with Crippen molar-refractivity contribution in [3.8, 4) is 11.4 Å². The van der Waals surface area contributed by atoms with E-state index in [1.54, 1.807) is 0 Å². The fourth-order valence-corrected chi connectivity index (χ4v) is 2.43. The van der Waals surface area contributed by atoms with E-state index in [2.05, 4.69) is 26.1 Å². The van der Waals surface area contributed by atoms with Crippen LogP contribution in [-0.4, -0.2) is 15.9 Å². The Morgan fingerprint density at radius 1 is 1.28 bits per heavy atom. The molecule has 92 valence electrons. The van der Waals surface area contributed by atoms with Crippen molar-refractivity contribution >= 4 is 21.7 Å². The Hall–Kier alpha value is -1.49. The van der Waals surface area contributed by atoms with E-state index in [-0.39, 0.29) is 11.7 Å². The van der Waals surface area contributed by atoms with Gasteiger partial charge in [0.15, 0.2) is 0 Å². The van der Waals surface area contributed by atoms with E-state index in [4.69, 9.17) is 4.52 Å². The fourth-order valence-electron chi connectivity index (χ4n) is 2.17. The number of aromatic nitrogens is 2. The number of carbonyl (C=O) groups excluding carboxylic acids is 1. The molecule has 0 N–H and O–H groups in total. The predicted molar refractivity (Wildman–Crippen MR) is 69.0 cm³/mol. The Bertz CT molecular complexity index is 577. The lowest BCUT2D eigenvalue weighted by molar-refractivity contribution is -0.119. The van der Waals surface area contributed by atoms with Gasteiger partial charge in [-0.05, 0) is 37.1 Å².